The van der Waals surface area contributed by atoms with Crippen LogP contribution >= 0.6 is 15.9 Å². The molecule has 0 radical (unpaired) electrons. The van der Waals surface area contributed by atoms with Gasteiger partial charge in [0.2, 0.25) is 5.71 Å². The van der Waals surface area contributed by atoms with Crippen LogP contribution in [0.25, 0.3) is 0 Å². The summed E-state index contributed by atoms with van der Waals surface area (Å²) in [4.78, 5) is 0. The van der Waals surface area contributed by atoms with E-state index in [4.69, 9.17) is 10.5 Å². The van der Waals surface area contributed by atoms with Crippen LogP contribution in [0.3, 0.4) is 0 Å². The maximum Gasteiger partial charge on any atom is 0.237 e. The number of halogens is 1. The summed E-state index contributed by atoms with van der Waals surface area (Å²) in [6.45, 7) is 0.657. The molecule has 0 saturated heterocycles. The molecule has 0 heterocycles. The molecule has 0 spiro atoms. The second-order valence-electron chi connectivity index (χ2n) is 4.32. The van der Waals surface area contributed by atoms with Gasteiger partial charge < -0.3 is 5.32 Å². The molecular formula is C16H12BrN5. The third-order valence-electron chi connectivity index (χ3n) is 2.81. The Kier molecular flexibility index (Phi) is 5.53. The normalized spacial score (nSPS) is 9.23. The molecule has 0 atom stereocenters. The van der Waals surface area contributed by atoms with Gasteiger partial charge in [0.15, 0.2) is 0 Å². The number of nitrogens with one attached hydrogen (secondary N) is 2. The molecule has 0 amide bonds. The van der Waals surface area contributed by atoms with E-state index in [0.717, 1.165) is 15.7 Å². The first-order valence-electron chi connectivity index (χ1n) is 6.44. The summed E-state index contributed by atoms with van der Waals surface area (Å²) in [7, 11) is 0. The third-order valence-corrected chi connectivity index (χ3v) is 3.30. The molecule has 22 heavy (non-hydrogen) atoms. The number of hydrazone groups is 1. The van der Waals surface area contributed by atoms with Gasteiger partial charge in [0.05, 0.1) is 11.4 Å². The van der Waals surface area contributed by atoms with Crippen molar-refractivity contribution in [2.24, 2.45) is 5.10 Å². The van der Waals surface area contributed by atoms with E-state index in [1.807, 2.05) is 48.5 Å². The van der Waals surface area contributed by atoms with Gasteiger partial charge in [-0.2, -0.15) is 15.6 Å². The molecule has 0 aliphatic carbocycles. The maximum atomic E-state index is 8.71. The zero-order chi connectivity index (χ0) is 15.8. The van der Waals surface area contributed by atoms with Crippen molar-refractivity contribution in [3.8, 4) is 12.1 Å². The minimum Gasteiger partial charge on any atom is -0.379 e. The highest BCUT2D eigenvalue weighted by Gasteiger charge is 2.04. The van der Waals surface area contributed by atoms with Gasteiger partial charge in [0.1, 0.15) is 12.1 Å². The van der Waals surface area contributed by atoms with Gasteiger partial charge in [-0.3, -0.25) is 5.43 Å². The SMILES string of the molecule is N#CC(C#N)=NNc1cc(Br)ccc1NCc1ccccc1. The third kappa shape index (κ3) is 4.34. The lowest BCUT2D eigenvalue weighted by molar-refractivity contribution is 1.14. The molecule has 0 fully saturated rings. The lowest BCUT2D eigenvalue weighted by atomic mass is 10.2. The van der Waals surface area contributed by atoms with Crippen molar-refractivity contribution in [1.29, 1.82) is 10.5 Å². The summed E-state index contributed by atoms with van der Waals surface area (Å²) in [5.74, 6) is 0. The Hall–Kier alpha value is -2.83. The second-order valence-corrected chi connectivity index (χ2v) is 5.24. The van der Waals surface area contributed by atoms with Crippen molar-refractivity contribution in [2.75, 3.05) is 10.7 Å². The molecule has 0 unspecified atom stereocenters. The van der Waals surface area contributed by atoms with Crippen LogP contribution in [0.2, 0.25) is 0 Å². The Bertz CT molecular complexity index is 740. The molecule has 6 heteroatoms. The molecule has 2 aromatic rings. The van der Waals surface area contributed by atoms with E-state index >= 15 is 0 Å². The van der Waals surface area contributed by atoms with Crippen molar-refractivity contribution < 1.29 is 0 Å². The fourth-order valence-corrected chi connectivity index (χ4v) is 2.11. The first-order chi connectivity index (χ1) is 10.7. The quantitative estimate of drug-likeness (QED) is 0.631. The lowest BCUT2D eigenvalue weighted by Crippen LogP contribution is -2.03. The number of hydrogen-bond acceptors (Lipinski definition) is 5. The van der Waals surface area contributed by atoms with E-state index in [9.17, 15) is 0 Å². The average molecular weight is 354 g/mol. The Morgan fingerprint density at radius 1 is 1.05 bits per heavy atom. The molecule has 0 aliphatic rings. The van der Waals surface area contributed by atoms with Crippen molar-refractivity contribution in [3.63, 3.8) is 0 Å². The Labute approximate surface area is 137 Å². The lowest BCUT2D eigenvalue weighted by Gasteiger charge is -2.12. The zero-order valence-electron chi connectivity index (χ0n) is 11.5. The molecule has 0 saturated carbocycles. The van der Waals surface area contributed by atoms with Crippen LogP contribution in [-0.2, 0) is 6.54 Å². The van der Waals surface area contributed by atoms with Crippen LogP contribution in [0, 0.1) is 22.7 Å². The average Bonchev–Trinajstić information content (AvgIpc) is 2.56. The van der Waals surface area contributed by atoms with Crippen LogP contribution in [-0.4, -0.2) is 5.71 Å². The molecule has 2 rings (SSSR count). The van der Waals surface area contributed by atoms with Gasteiger partial charge in [-0.15, -0.1) is 0 Å². The molecule has 2 aromatic carbocycles. The number of nitrogens with zero attached hydrogens (tertiary/aromatic N) is 3. The van der Waals surface area contributed by atoms with E-state index < -0.39 is 0 Å². The predicted molar refractivity (Wildman–Crippen MR) is 90.2 cm³/mol. The van der Waals surface area contributed by atoms with Crippen molar-refractivity contribution >= 4 is 33.0 Å². The summed E-state index contributed by atoms with van der Waals surface area (Å²) in [5.41, 5.74) is 5.16. The van der Waals surface area contributed by atoms with Crippen LogP contribution in [0.15, 0.2) is 58.1 Å². The van der Waals surface area contributed by atoms with Crippen LogP contribution in [0.5, 0.6) is 0 Å². The van der Waals surface area contributed by atoms with Gasteiger partial charge in [-0.25, -0.2) is 0 Å². The molecule has 108 valence electrons. The largest absolute Gasteiger partial charge is 0.379 e. The van der Waals surface area contributed by atoms with Gasteiger partial charge in [0, 0.05) is 11.0 Å². The highest BCUT2D eigenvalue weighted by atomic mass is 79.9. The molecular weight excluding hydrogens is 342 g/mol. The summed E-state index contributed by atoms with van der Waals surface area (Å²) < 4.78 is 0.867. The van der Waals surface area contributed by atoms with Gasteiger partial charge in [-0.05, 0) is 23.8 Å². The smallest absolute Gasteiger partial charge is 0.237 e. The van der Waals surface area contributed by atoms with E-state index in [1.165, 1.54) is 0 Å². The Balaban J connectivity index is 2.16. The minimum atomic E-state index is -0.228. The molecule has 0 aromatic heterocycles. The maximum absolute atomic E-state index is 8.71. The van der Waals surface area contributed by atoms with E-state index in [2.05, 4.69) is 31.8 Å². The molecule has 0 aliphatic heterocycles. The topological polar surface area (TPSA) is 84.0 Å². The van der Waals surface area contributed by atoms with Gasteiger partial charge >= 0.3 is 0 Å². The van der Waals surface area contributed by atoms with Crippen LogP contribution in [0.4, 0.5) is 11.4 Å². The number of hydrogen-bond donors (Lipinski definition) is 2. The van der Waals surface area contributed by atoms with Gasteiger partial charge in [0.25, 0.3) is 0 Å². The monoisotopic (exact) mass is 353 g/mol. The van der Waals surface area contributed by atoms with Crippen LogP contribution < -0.4 is 10.7 Å². The molecule has 5 nitrogen and oxygen atoms in total. The number of anilines is 2. The summed E-state index contributed by atoms with van der Waals surface area (Å²) in [5, 5.41) is 24.5. The highest BCUT2D eigenvalue weighted by Crippen LogP contribution is 2.26. The number of nitriles is 2. The number of benzene rings is 2. The fourth-order valence-electron chi connectivity index (χ4n) is 1.75. The molecule has 2 N–H and O–H groups in total. The Morgan fingerprint density at radius 3 is 2.45 bits per heavy atom. The second kappa shape index (κ2) is 7.82. The van der Waals surface area contributed by atoms with E-state index in [0.29, 0.717) is 12.2 Å². The standard InChI is InChI=1S/C16H12BrN5/c17-13-6-7-15(20-11-12-4-2-1-3-5-12)16(8-13)22-21-14(9-18)10-19/h1-8,20,22H,11H2. The van der Waals surface area contributed by atoms with Crippen molar-refractivity contribution in [3.05, 3.63) is 58.6 Å². The minimum absolute atomic E-state index is 0.228. The summed E-state index contributed by atoms with van der Waals surface area (Å²) >= 11 is 3.39. The predicted octanol–water partition coefficient (Wildman–Crippen LogP) is 3.88. The van der Waals surface area contributed by atoms with Crippen molar-refractivity contribution in [2.45, 2.75) is 6.54 Å². The van der Waals surface area contributed by atoms with E-state index in [-0.39, 0.29) is 5.71 Å². The summed E-state index contributed by atoms with van der Waals surface area (Å²) in [6.07, 6.45) is 0. The Morgan fingerprint density at radius 2 is 1.77 bits per heavy atom. The fraction of sp³-hybridized carbons (Fsp3) is 0.0625. The highest BCUT2D eigenvalue weighted by molar-refractivity contribution is 9.10. The summed E-state index contributed by atoms with van der Waals surface area (Å²) in [6, 6.07) is 19.0. The first kappa shape index (κ1) is 15.6. The molecule has 0 bridgehead atoms. The zero-order valence-corrected chi connectivity index (χ0v) is 13.1. The number of rotatable bonds is 5. The van der Waals surface area contributed by atoms with Crippen molar-refractivity contribution in [1.82, 2.24) is 0 Å². The van der Waals surface area contributed by atoms with E-state index in [1.54, 1.807) is 12.1 Å². The van der Waals surface area contributed by atoms with Gasteiger partial charge in [-0.1, -0.05) is 46.3 Å². The van der Waals surface area contributed by atoms with Crippen LogP contribution in [0.1, 0.15) is 5.56 Å². The first-order valence-corrected chi connectivity index (χ1v) is 7.23.